The van der Waals surface area contributed by atoms with E-state index in [-0.39, 0.29) is 12.0 Å². The number of carbonyl (C=O) groups is 1. The van der Waals surface area contributed by atoms with Crippen molar-refractivity contribution in [2.75, 3.05) is 13.2 Å². The SMILES string of the molecule is CCOC(=O)CC(C)NCCc1ccsc1. The van der Waals surface area contributed by atoms with Crippen molar-refractivity contribution in [3.8, 4) is 0 Å². The molecule has 0 radical (unpaired) electrons. The van der Waals surface area contributed by atoms with Crippen LogP contribution in [-0.4, -0.2) is 25.2 Å². The van der Waals surface area contributed by atoms with E-state index in [0.29, 0.717) is 13.0 Å². The predicted molar refractivity (Wildman–Crippen MR) is 66.7 cm³/mol. The molecule has 1 rings (SSSR count). The number of hydrogen-bond donors (Lipinski definition) is 1. The summed E-state index contributed by atoms with van der Waals surface area (Å²) in [5.41, 5.74) is 1.35. The number of ether oxygens (including phenoxy) is 1. The summed E-state index contributed by atoms with van der Waals surface area (Å²) in [5.74, 6) is -0.127. The Labute approximate surface area is 101 Å². The molecule has 0 bridgehead atoms. The van der Waals surface area contributed by atoms with Gasteiger partial charge in [0, 0.05) is 6.04 Å². The summed E-state index contributed by atoms with van der Waals surface area (Å²) in [6, 6.07) is 2.31. The van der Waals surface area contributed by atoms with Crippen molar-refractivity contribution in [3.05, 3.63) is 22.4 Å². The van der Waals surface area contributed by atoms with Crippen LogP contribution >= 0.6 is 11.3 Å². The van der Waals surface area contributed by atoms with Gasteiger partial charge in [0.1, 0.15) is 0 Å². The molecular weight excluding hydrogens is 222 g/mol. The largest absolute Gasteiger partial charge is 0.466 e. The van der Waals surface area contributed by atoms with Gasteiger partial charge in [0.2, 0.25) is 0 Å². The maximum atomic E-state index is 11.2. The maximum Gasteiger partial charge on any atom is 0.307 e. The van der Waals surface area contributed by atoms with Gasteiger partial charge < -0.3 is 10.1 Å². The van der Waals surface area contributed by atoms with Crippen LogP contribution < -0.4 is 5.32 Å². The summed E-state index contributed by atoms with van der Waals surface area (Å²) in [6.45, 7) is 5.19. The van der Waals surface area contributed by atoms with Gasteiger partial charge >= 0.3 is 5.97 Å². The van der Waals surface area contributed by atoms with Crippen molar-refractivity contribution in [3.63, 3.8) is 0 Å². The molecule has 1 atom stereocenters. The molecule has 0 amide bonds. The Balaban J connectivity index is 2.10. The summed E-state index contributed by atoms with van der Waals surface area (Å²) in [7, 11) is 0. The summed E-state index contributed by atoms with van der Waals surface area (Å²) < 4.78 is 4.89. The first-order valence-electron chi connectivity index (χ1n) is 5.62. The molecule has 3 nitrogen and oxygen atoms in total. The Morgan fingerprint density at radius 2 is 2.44 bits per heavy atom. The van der Waals surface area contributed by atoms with Gasteiger partial charge in [0.15, 0.2) is 0 Å². The van der Waals surface area contributed by atoms with E-state index < -0.39 is 0 Å². The molecule has 0 aliphatic carbocycles. The molecule has 1 N–H and O–H groups in total. The van der Waals surface area contributed by atoms with Crippen molar-refractivity contribution >= 4 is 17.3 Å². The van der Waals surface area contributed by atoms with Gasteiger partial charge in [-0.15, -0.1) is 0 Å². The van der Waals surface area contributed by atoms with E-state index in [1.165, 1.54) is 5.56 Å². The minimum atomic E-state index is -0.127. The number of esters is 1. The molecule has 0 saturated heterocycles. The Morgan fingerprint density at radius 3 is 3.06 bits per heavy atom. The van der Waals surface area contributed by atoms with Gasteiger partial charge in [0.25, 0.3) is 0 Å². The van der Waals surface area contributed by atoms with Crippen LogP contribution in [0.5, 0.6) is 0 Å². The van der Waals surface area contributed by atoms with Gasteiger partial charge in [-0.2, -0.15) is 11.3 Å². The van der Waals surface area contributed by atoms with Crippen LogP contribution in [0.3, 0.4) is 0 Å². The highest BCUT2D eigenvalue weighted by Crippen LogP contribution is 2.06. The third kappa shape index (κ3) is 5.28. The highest BCUT2D eigenvalue weighted by atomic mass is 32.1. The maximum absolute atomic E-state index is 11.2. The molecule has 0 spiro atoms. The van der Waals surface area contributed by atoms with Crippen LogP contribution in [0.1, 0.15) is 25.8 Å². The van der Waals surface area contributed by atoms with E-state index in [1.54, 1.807) is 11.3 Å². The van der Waals surface area contributed by atoms with Gasteiger partial charge in [-0.1, -0.05) is 0 Å². The lowest BCUT2D eigenvalue weighted by Crippen LogP contribution is -2.30. The fourth-order valence-corrected chi connectivity index (χ4v) is 2.14. The fourth-order valence-electron chi connectivity index (χ4n) is 1.44. The Kier molecular flexibility index (Phi) is 6.11. The summed E-state index contributed by atoms with van der Waals surface area (Å²) in [5, 5.41) is 7.55. The second kappa shape index (κ2) is 7.41. The van der Waals surface area contributed by atoms with E-state index in [2.05, 4.69) is 22.1 Å². The second-order valence-corrected chi connectivity index (χ2v) is 4.53. The first-order chi connectivity index (χ1) is 7.72. The van der Waals surface area contributed by atoms with Crippen LogP contribution in [0.4, 0.5) is 0 Å². The van der Waals surface area contributed by atoms with E-state index in [0.717, 1.165) is 13.0 Å². The number of hydrogen-bond acceptors (Lipinski definition) is 4. The number of carbonyl (C=O) groups excluding carboxylic acids is 1. The number of thiophene rings is 1. The van der Waals surface area contributed by atoms with Crippen LogP contribution in [-0.2, 0) is 16.0 Å². The van der Waals surface area contributed by atoms with Gasteiger partial charge in [0.05, 0.1) is 13.0 Å². The minimum absolute atomic E-state index is 0.127. The molecule has 90 valence electrons. The summed E-state index contributed by atoms with van der Waals surface area (Å²) in [4.78, 5) is 11.2. The lowest BCUT2D eigenvalue weighted by molar-refractivity contribution is -0.143. The van der Waals surface area contributed by atoms with Crippen LogP contribution in [0, 0.1) is 0 Å². The molecule has 0 aliphatic rings. The lowest BCUT2D eigenvalue weighted by atomic mass is 10.2. The molecule has 1 aromatic rings. The molecular formula is C12H19NO2S. The average molecular weight is 241 g/mol. The Morgan fingerprint density at radius 1 is 1.62 bits per heavy atom. The zero-order valence-corrected chi connectivity index (χ0v) is 10.7. The van der Waals surface area contributed by atoms with E-state index >= 15 is 0 Å². The minimum Gasteiger partial charge on any atom is -0.466 e. The third-order valence-electron chi connectivity index (χ3n) is 2.26. The summed E-state index contributed by atoms with van der Waals surface area (Å²) >= 11 is 1.71. The van der Waals surface area contributed by atoms with Crippen molar-refractivity contribution in [1.82, 2.24) is 5.32 Å². The van der Waals surface area contributed by atoms with Crippen molar-refractivity contribution in [1.29, 1.82) is 0 Å². The van der Waals surface area contributed by atoms with Crippen molar-refractivity contribution < 1.29 is 9.53 Å². The second-order valence-electron chi connectivity index (χ2n) is 3.75. The van der Waals surface area contributed by atoms with Crippen molar-refractivity contribution in [2.24, 2.45) is 0 Å². The average Bonchev–Trinajstić information content (AvgIpc) is 2.70. The zero-order valence-electron chi connectivity index (χ0n) is 9.86. The topological polar surface area (TPSA) is 38.3 Å². The fraction of sp³-hybridized carbons (Fsp3) is 0.583. The molecule has 0 aliphatic heterocycles. The molecule has 1 unspecified atom stereocenters. The first-order valence-corrected chi connectivity index (χ1v) is 6.56. The summed E-state index contributed by atoms with van der Waals surface area (Å²) in [6.07, 6.45) is 1.45. The Hall–Kier alpha value is -0.870. The normalized spacial score (nSPS) is 12.4. The molecule has 0 aromatic carbocycles. The van der Waals surface area contributed by atoms with E-state index in [4.69, 9.17) is 4.74 Å². The molecule has 0 saturated carbocycles. The first kappa shape index (κ1) is 13.2. The molecule has 1 aromatic heterocycles. The monoisotopic (exact) mass is 241 g/mol. The number of nitrogens with one attached hydrogen (secondary N) is 1. The molecule has 16 heavy (non-hydrogen) atoms. The lowest BCUT2D eigenvalue weighted by Gasteiger charge is -2.12. The highest BCUT2D eigenvalue weighted by Gasteiger charge is 2.08. The molecule has 0 fully saturated rings. The van der Waals surface area contributed by atoms with Crippen LogP contribution in [0.15, 0.2) is 16.8 Å². The highest BCUT2D eigenvalue weighted by molar-refractivity contribution is 7.07. The van der Waals surface area contributed by atoms with Crippen LogP contribution in [0.2, 0.25) is 0 Å². The van der Waals surface area contributed by atoms with Crippen molar-refractivity contribution in [2.45, 2.75) is 32.7 Å². The zero-order chi connectivity index (χ0) is 11.8. The molecule has 4 heteroatoms. The predicted octanol–water partition coefficient (Wildman–Crippen LogP) is 2.22. The van der Waals surface area contributed by atoms with Crippen LogP contribution in [0.25, 0.3) is 0 Å². The third-order valence-corrected chi connectivity index (χ3v) is 3.00. The van der Waals surface area contributed by atoms with Gasteiger partial charge in [-0.25, -0.2) is 0 Å². The standard InChI is InChI=1S/C12H19NO2S/c1-3-15-12(14)8-10(2)13-6-4-11-5-7-16-9-11/h5,7,9-10,13H,3-4,6,8H2,1-2H3. The van der Waals surface area contributed by atoms with Gasteiger partial charge in [-0.3, -0.25) is 4.79 Å². The quantitative estimate of drug-likeness (QED) is 0.744. The Bertz CT molecular complexity index is 298. The van der Waals surface area contributed by atoms with E-state index in [1.807, 2.05) is 13.8 Å². The molecule has 1 heterocycles. The number of rotatable bonds is 7. The smallest absolute Gasteiger partial charge is 0.307 e. The van der Waals surface area contributed by atoms with Gasteiger partial charge in [-0.05, 0) is 49.2 Å². The van der Waals surface area contributed by atoms with E-state index in [9.17, 15) is 4.79 Å².